The molecule has 0 saturated heterocycles. The van der Waals surface area contributed by atoms with Crippen molar-refractivity contribution in [3.05, 3.63) is 132 Å². The molecule has 0 saturated carbocycles. The number of esters is 1. The van der Waals surface area contributed by atoms with Gasteiger partial charge in [-0.25, -0.2) is 4.79 Å². The zero-order valence-corrected chi connectivity index (χ0v) is 23.6. The molecule has 0 spiro atoms. The molecule has 42 heavy (non-hydrogen) atoms. The Labute approximate surface area is 244 Å². The first-order valence-electron chi connectivity index (χ1n) is 14.0. The van der Waals surface area contributed by atoms with Crippen LogP contribution in [0.2, 0.25) is 0 Å². The highest BCUT2D eigenvalue weighted by Crippen LogP contribution is 2.51. The third kappa shape index (κ3) is 4.43. The lowest BCUT2D eigenvalue weighted by Crippen LogP contribution is -2.53. The van der Waals surface area contributed by atoms with Gasteiger partial charge >= 0.3 is 5.97 Å². The van der Waals surface area contributed by atoms with Crippen LogP contribution in [0.15, 0.2) is 109 Å². The molecule has 0 bridgehead atoms. The van der Waals surface area contributed by atoms with Crippen LogP contribution in [0.5, 0.6) is 5.75 Å². The number of anilines is 1. The van der Waals surface area contributed by atoms with E-state index in [9.17, 15) is 14.7 Å². The molecule has 7 nitrogen and oxygen atoms in total. The minimum atomic E-state index is -1.80. The van der Waals surface area contributed by atoms with E-state index >= 15 is 0 Å². The van der Waals surface area contributed by atoms with E-state index in [0.717, 1.165) is 16.6 Å². The predicted octanol–water partition coefficient (Wildman–Crippen LogP) is 5.46. The van der Waals surface area contributed by atoms with Gasteiger partial charge in [0.2, 0.25) is 5.91 Å². The summed E-state index contributed by atoms with van der Waals surface area (Å²) in [6.07, 6.45) is 0.0918. The van der Waals surface area contributed by atoms with Gasteiger partial charge in [-0.3, -0.25) is 4.79 Å². The fourth-order valence-corrected chi connectivity index (χ4v) is 6.10. The summed E-state index contributed by atoms with van der Waals surface area (Å²) in [5.74, 6) is -0.648. The van der Waals surface area contributed by atoms with E-state index in [1.165, 1.54) is 0 Å². The van der Waals surface area contributed by atoms with E-state index in [-0.39, 0.29) is 13.2 Å². The first-order valence-corrected chi connectivity index (χ1v) is 14.0. The maximum atomic E-state index is 14.9. The molecule has 0 fully saturated rings. The number of rotatable bonds is 9. The van der Waals surface area contributed by atoms with Crippen molar-refractivity contribution >= 4 is 28.5 Å². The largest absolute Gasteiger partial charge is 0.497 e. The molecule has 0 unspecified atom stereocenters. The number of amides is 1. The molecular formula is C35H32N2O5. The molecule has 212 valence electrons. The van der Waals surface area contributed by atoms with E-state index in [1.54, 1.807) is 18.9 Å². The number of carbonyl (C=O) groups is 2. The highest BCUT2D eigenvalue weighted by atomic mass is 16.5. The number of aliphatic hydroxyl groups is 1. The van der Waals surface area contributed by atoms with E-state index in [1.807, 2.05) is 109 Å². The minimum absolute atomic E-state index is 0.0686. The quantitative estimate of drug-likeness (QED) is 0.242. The summed E-state index contributed by atoms with van der Waals surface area (Å²) < 4.78 is 13.0. The van der Waals surface area contributed by atoms with Gasteiger partial charge in [0.1, 0.15) is 11.2 Å². The first-order chi connectivity index (χ1) is 20.5. The van der Waals surface area contributed by atoms with Crippen molar-refractivity contribution in [2.45, 2.75) is 31.5 Å². The second-order valence-corrected chi connectivity index (χ2v) is 10.4. The molecule has 7 heteroatoms. The van der Waals surface area contributed by atoms with Gasteiger partial charge in [0.25, 0.3) is 0 Å². The van der Waals surface area contributed by atoms with Crippen LogP contribution >= 0.6 is 0 Å². The fourth-order valence-electron chi connectivity index (χ4n) is 6.10. The Morgan fingerprint density at radius 1 is 0.857 bits per heavy atom. The number of hydrogen-bond acceptors (Lipinski definition) is 5. The Balaban J connectivity index is 1.63. The van der Waals surface area contributed by atoms with E-state index in [0.29, 0.717) is 34.5 Å². The number of aliphatic hydroxyl groups excluding tert-OH is 1. The normalized spacial score (nSPS) is 16.8. The number of methoxy groups -OCH3 is 1. The first kappa shape index (κ1) is 27.3. The lowest BCUT2D eigenvalue weighted by Gasteiger charge is -2.32. The average molecular weight is 561 g/mol. The van der Waals surface area contributed by atoms with Gasteiger partial charge in [-0.1, -0.05) is 78.9 Å². The van der Waals surface area contributed by atoms with Crippen molar-refractivity contribution < 1.29 is 24.2 Å². The highest BCUT2D eigenvalue weighted by Gasteiger charge is 2.60. The third-order valence-corrected chi connectivity index (χ3v) is 8.01. The molecule has 1 aliphatic heterocycles. The number of carbonyl (C=O) groups excluding carboxylic acids is 2. The Hall–Kier alpha value is -4.88. The van der Waals surface area contributed by atoms with Crippen LogP contribution in [0.1, 0.15) is 29.2 Å². The van der Waals surface area contributed by atoms with Crippen molar-refractivity contribution in [3.8, 4) is 5.75 Å². The van der Waals surface area contributed by atoms with Gasteiger partial charge in [0.05, 0.1) is 20.3 Å². The number of aromatic nitrogens is 1. The summed E-state index contributed by atoms with van der Waals surface area (Å²) in [5, 5.41) is 12.7. The standard InChI is InChI=1S/C35H32N2O5/c1-3-42-33(39)32(38)35(28-16-10-11-17-31(28)37(34(35)40)22-25-14-8-5-9-15-25)29-23-36(21-24-12-6-4-7-13-24)30-19-18-26(41-2)20-27(29)30/h4-20,23,32,38H,3,21-22H2,1-2H3/t32-,35-/m1/s1. The molecule has 4 aromatic carbocycles. The highest BCUT2D eigenvalue weighted by molar-refractivity contribution is 6.15. The molecule has 0 radical (unpaired) electrons. The molecule has 1 N–H and O–H groups in total. The summed E-state index contributed by atoms with van der Waals surface area (Å²) in [5.41, 5.74) is 2.78. The zero-order chi connectivity index (χ0) is 29.3. The van der Waals surface area contributed by atoms with Crippen LogP contribution in [0.4, 0.5) is 5.69 Å². The van der Waals surface area contributed by atoms with Crippen molar-refractivity contribution in [1.29, 1.82) is 0 Å². The van der Waals surface area contributed by atoms with Gasteiger partial charge in [-0.05, 0) is 47.9 Å². The van der Waals surface area contributed by atoms with Crippen LogP contribution in [0.3, 0.4) is 0 Å². The van der Waals surface area contributed by atoms with Crippen LogP contribution in [-0.4, -0.2) is 41.4 Å². The van der Waals surface area contributed by atoms with E-state index < -0.39 is 23.4 Å². The summed E-state index contributed by atoms with van der Waals surface area (Å²) in [7, 11) is 1.59. The lowest BCUT2D eigenvalue weighted by molar-refractivity contribution is -0.158. The number of para-hydroxylation sites is 1. The summed E-state index contributed by atoms with van der Waals surface area (Å²) >= 11 is 0. The number of benzene rings is 4. The van der Waals surface area contributed by atoms with Crippen LogP contribution in [-0.2, 0) is 32.8 Å². The average Bonchev–Trinajstić information content (AvgIpc) is 3.50. The molecule has 1 amide bonds. The van der Waals surface area contributed by atoms with Crippen molar-refractivity contribution in [2.75, 3.05) is 18.6 Å². The monoisotopic (exact) mass is 560 g/mol. The predicted molar refractivity (Wildman–Crippen MR) is 162 cm³/mol. The van der Waals surface area contributed by atoms with Gasteiger partial charge in [0, 0.05) is 34.9 Å². The van der Waals surface area contributed by atoms with Crippen molar-refractivity contribution in [3.63, 3.8) is 0 Å². The number of ether oxygens (including phenoxy) is 2. The Morgan fingerprint density at radius 3 is 2.17 bits per heavy atom. The second kappa shape index (κ2) is 11.2. The Bertz CT molecular complexity index is 1750. The third-order valence-electron chi connectivity index (χ3n) is 8.01. The lowest BCUT2D eigenvalue weighted by atomic mass is 9.70. The van der Waals surface area contributed by atoms with Crippen LogP contribution < -0.4 is 9.64 Å². The van der Waals surface area contributed by atoms with Gasteiger partial charge in [0.15, 0.2) is 6.10 Å². The van der Waals surface area contributed by atoms with E-state index in [2.05, 4.69) is 4.57 Å². The maximum Gasteiger partial charge on any atom is 0.336 e. The number of fused-ring (bicyclic) bond motifs is 2. The SMILES string of the molecule is CCOC(=O)[C@@H](O)[C@@]1(c2cn(Cc3ccccc3)c3ccc(OC)cc23)C(=O)N(Cc2ccccc2)c2ccccc21. The molecule has 1 aromatic heterocycles. The molecule has 1 aliphatic rings. The smallest absolute Gasteiger partial charge is 0.336 e. The van der Waals surface area contributed by atoms with Crippen molar-refractivity contribution in [2.24, 2.45) is 0 Å². The topological polar surface area (TPSA) is 81.0 Å². The molecule has 6 rings (SSSR count). The molecule has 0 aliphatic carbocycles. The van der Waals surface area contributed by atoms with E-state index in [4.69, 9.17) is 9.47 Å². The van der Waals surface area contributed by atoms with Crippen molar-refractivity contribution in [1.82, 2.24) is 4.57 Å². The second-order valence-electron chi connectivity index (χ2n) is 10.4. The number of hydrogen-bond donors (Lipinski definition) is 1. The van der Waals surface area contributed by atoms with Gasteiger partial charge < -0.3 is 24.0 Å². The summed E-state index contributed by atoms with van der Waals surface area (Å²) in [6.45, 7) is 2.55. The van der Waals surface area contributed by atoms with Crippen LogP contribution in [0, 0.1) is 0 Å². The maximum absolute atomic E-state index is 14.9. The molecular weight excluding hydrogens is 528 g/mol. The minimum Gasteiger partial charge on any atom is -0.497 e. The summed E-state index contributed by atoms with van der Waals surface area (Å²) in [4.78, 5) is 30.0. The molecule has 5 aromatic rings. The Morgan fingerprint density at radius 2 is 1.50 bits per heavy atom. The fraction of sp³-hybridized carbons (Fsp3) is 0.200. The zero-order valence-electron chi connectivity index (χ0n) is 23.6. The molecule has 2 atom stereocenters. The Kier molecular flexibility index (Phi) is 7.27. The number of nitrogens with zero attached hydrogens (tertiary/aromatic N) is 2. The van der Waals surface area contributed by atoms with Crippen LogP contribution in [0.25, 0.3) is 10.9 Å². The molecule has 2 heterocycles. The van der Waals surface area contributed by atoms with Gasteiger partial charge in [-0.2, -0.15) is 0 Å². The summed E-state index contributed by atoms with van der Waals surface area (Å²) in [6, 6.07) is 32.7. The van der Waals surface area contributed by atoms with Gasteiger partial charge in [-0.15, -0.1) is 0 Å².